The molecule has 0 bridgehead atoms. The Morgan fingerprint density at radius 2 is 2.11 bits per heavy atom. The van der Waals surface area contributed by atoms with Crippen LogP contribution in [0.4, 0.5) is 0 Å². The van der Waals surface area contributed by atoms with E-state index in [0.29, 0.717) is 0 Å². The van der Waals surface area contributed by atoms with Crippen LogP contribution in [-0.2, 0) is 6.54 Å². The molecule has 2 rings (SSSR count). The molecule has 0 aliphatic heterocycles. The van der Waals surface area contributed by atoms with Crippen LogP contribution in [0.3, 0.4) is 0 Å². The molecule has 1 unspecified atom stereocenters. The van der Waals surface area contributed by atoms with Gasteiger partial charge in [0.05, 0.1) is 11.8 Å². The minimum Gasteiger partial charge on any atom is -0.393 e. The summed E-state index contributed by atoms with van der Waals surface area (Å²) < 4.78 is 0. The lowest BCUT2D eigenvalue weighted by Crippen LogP contribution is -2.18. The number of nitrogens with zero attached hydrogens (tertiary/aromatic N) is 1. The molecule has 4 heteroatoms. The Balaban J connectivity index is 1.87. The Morgan fingerprint density at radius 3 is 2.83 bits per heavy atom. The summed E-state index contributed by atoms with van der Waals surface area (Å²) in [6.07, 6.45) is 0.513. The molecule has 0 saturated carbocycles. The Kier molecular flexibility index (Phi) is 4.50. The van der Waals surface area contributed by atoms with Crippen LogP contribution < -0.4 is 5.32 Å². The van der Waals surface area contributed by atoms with Crippen LogP contribution in [0.25, 0.3) is 11.3 Å². The summed E-state index contributed by atoms with van der Waals surface area (Å²) in [4.78, 5) is 0. The van der Waals surface area contributed by atoms with Crippen LogP contribution in [-0.4, -0.2) is 28.0 Å². The summed E-state index contributed by atoms with van der Waals surface area (Å²) >= 11 is 0. The first-order valence-corrected chi connectivity index (χ1v) is 6.24. The lowest BCUT2D eigenvalue weighted by atomic mass is 10.1. The van der Waals surface area contributed by atoms with Crippen LogP contribution in [0.2, 0.25) is 0 Å². The maximum Gasteiger partial charge on any atom is 0.0924 e. The van der Waals surface area contributed by atoms with Gasteiger partial charge in [0, 0.05) is 17.8 Å². The molecule has 0 saturated heterocycles. The Hall–Kier alpha value is -1.65. The fourth-order valence-electron chi connectivity index (χ4n) is 1.74. The molecule has 2 aromatic rings. The number of H-pyrrole nitrogens is 1. The van der Waals surface area contributed by atoms with Crippen LogP contribution in [0, 0.1) is 0 Å². The fraction of sp³-hybridized carbons (Fsp3) is 0.357. The van der Waals surface area contributed by atoms with Crippen molar-refractivity contribution in [1.82, 2.24) is 15.5 Å². The molecule has 1 atom stereocenters. The number of aromatic amines is 1. The normalized spacial score (nSPS) is 12.6. The molecule has 1 heterocycles. The number of hydrogen-bond acceptors (Lipinski definition) is 3. The molecule has 0 spiro atoms. The minimum atomic E-state index is -0.251. The summed E-state index contributed by atoms with van der Waals surface area (Å²) in [5.74, 6) is 0. The molecule has 1 aromatic carbocycles. The van der Waals surface area contributed by atoms with Crippen LogP contribution in [0.5, 0.6) is 0 Å². The maximum absolute atomic E-state index is 9.14. The zero-order valence-electron chi connectivity index (χ0n) is 10.6. The second-order valence-electron chi connectivity index (χ2n) is 4.46. The number of aromatic nitrogens is 2. The summed E-state index contributed by atoms with van der Waals surface area (Å²) in [6.45, 7) is 3.34. The van der Waals surface area contributed by atoms with Gasteiger partial charge in [-0.3, -0.25) is 5.10 Å². The van der Waals surface area contributed by atoms with Crippen molar-refractivity contribution in [1.29, 1.82) is 0 Å². The van der Waals surface area contributed by atoms with E-state index in [2.05, 4.69) is 15.5 Å². The average Bonchev–Trinajstić information content (AvgIpc) is 2.84. The minimum absolute atomic E-state index is 0.251. The van der Waals surface area contributed by atoms with Gasteiger partial charge in [-0.25, -0.2) is 0 Å². The first kappa shape index (κ1) is 12.8. The van der Waals surface area contributed by atoms with Gasteiger partial charge in [0.25, 0.3) is 0 Å². The van der Waals surface area contributed by atoms with Crippen molar-refractivity contribution in [3.05, 3.63) is 42.1 Å². The lowest BCUT2D eigenvalue weighted by Gasteiger charge is -2.04. The molecule has 4 nitrogen and oxygen atoms in total. The van der Waals surface area contributed by atoms with Gasteiger partial charge < -0.3 is 10.4 Å². The van der Waals surface area contributed by atoms with E-state index < -0.39 is 0 Å². The van der Waals surface area contributed by atoms with E-state index in [9.17, 15) is 0 Å². The zero-order valence-corrected chi connectivity index (χ0v) is 10.6. The highest BCUT2D eigenvalue weighted by Gasteiger charge is 2.03. The molecule has 18 heavy (non-hydrogen) atoms. The number of aliphatic hydroxyl groups is 1. The van der Waals surface area contributed by atoms with Crippen LogP contribution in [0.1, 0.15) is 19.0 Å². The van der Waals surface area contributed by atoms with Gasteiger partial charge in [-0.15, -0.1) is 0 Å². The van der Waals surface area contributed by atoms with Gasteiger partial charge in [-0.05, 0) is 26.0 Å². The standard InChI is InChI=1S/C14H19N3O/c1-11(18)7-8-15-10-13-9-14(17-16-13)12-5-3-2-4-6-12/h2-6,9,11,15,18H,7-8,10H2,1H3,(H,16,17). The van der Waals surface area contributed by atoms with Crippen molar-refractivity contribution in [2.24, 2.45) is 0 Å². The van der Waals surface area contributed by atoms with Gasteiger partial charge >= 0.3 is 0 Å². The zero-order chi connectivity index (χ0) is 12.8. The molecular formula is C14H19N3O. The van der Waals surface area contributed by atoms with Gasteiger partial charge in [-0.2, -0.15) is 5.10 Å². The monoisotopic (exact) mass is 245 g/mol. The van der Waals surface area contributed by atoms with Crippen LogP contribution in [0.15, 0.2) is 36.4 Å². The number of hydrogen-bond donors (Lipinski definition) is 3. The maximum atomic E-state index is 9.14. The van der Waals surface area contributed by atoms with E-state index in [1.165, 1.54) is 0 Å². The smallest absolute Gasteiger partial charge is 0.0924 e. The number of nitrogens with one attached hydrogen (secondary N) is 2. The Labute approximate surface area is 107 Å². The average molecular weight is 245 g/mol. The Bertz CT molecular complexity index is 465. The van der Waals surface area contributed by atoms with E-state index in [4.69, 9.17) is 5.11 Å². The summed E-state index contributed by atoms with van der Waals surface area (Å²) in [5, 5.41) is 19.7. The fourth-order valence-corrected chi connectivity index (χ4v) is 1.74. The predicted octanol–water partition coefficient (Wildman–Crippen LogP) is 1.94. The van der Waals surface area contributed by atoms with Gasteiger partial charge in [0.1, 0.15) is 0 Å². The van der Waals surface area contributed by atoms with Crippen molar-refractivity contribution in [2.75, 3.05) is 6.54 Å². The second-order valence-corrected chi connectivity index (χ2v) is 4.46. The van der Waals surface area contributed by atoms with E-state index >= 15 is 0 Å². The molecule has 0 radical (unpaired) electrons. The SMILES string of the molecule is CC(O)CCNCc1cc(-c2ccccc2)n[nH]1. The molecule has 0 fully saturated rings. The quantitative estimate of drug-likeness (QED) is 0.682. The third-order valence-corrected chi connectivity index (χ3v) is 2.75. The van der Waals surface area contributed by atoms with E-state index in [-0.39, 0.29) is 6.10 Å². The largest absolute Gasteiger partial charge is 0.393 e. The molecule has 96 valence electrons. The number of aliphatic hydroxyl groups excluding tert-OH is 1. The van der Waals surface area contributed by atoms with Gasteiger partial charge in [-0.1, -0.05) is 30.3 Å². The van der Waals surface area contributed by atoms with Crippen molar-refractivity contribution in [3.63, 3.8) is 0 Å². The van der Waals surface area contributed by atoms with E-state index in [1.54, 1.807) is 6.92 Å². The van der Waals surface area contributed by atoms with Crippen molar-refractivity contribution < 1.29 is 5.11 Å². The molecule has 1 aromatic heterocycles. The highest BCUT2D eigenvalue weighted by Crippen LogP contribution is 2.16. The molecule has 0 amide bonds. The number of benzene rings is 1. The first-order valence-electron chi connectivity index (χ1n) is 6.24. The third-order valence-electron chi connectivity index (χ3n) is 2.75. The topological polar surface area (TPSA) is 60.9 Å². The molecule has 0 aliphatic rings. The Morgan fingerprint density at radius 1 is 1.33 bits per heavy atom. The third kappa shape index (κ3) is 3.68. The van der Waals surface area contributed by atoms with Crippen molar-refractivity contribution in [3.8, 4) is 11.3 Å². The van der Waals surface area contributed by atoms with Crippen molar-refractivity contribution >= 4 is 0 Å². The predicted molar refractivity (Wildman–Crippen MR) is 72.0 cm³/mol. The highest BCUT2D eigenvalue weighted by molar-refractivity contribution is 5.58. The summed E-state index contributed by atoms with van der Waals surface area (Å²) in [7, 11) is 0. The van der Waals surface area contributed by atoms with Crippen molar-refractivity contribution in [2.45, 2.75) is 26.0 Å². The molecular weight excluding hydrogens is 226 g/mol. The number of rotatable bonds is 6. The second kappa shape index (κ2) is 6.33. The van der Waals surface area contributed by atoms with E-state index in [1.807, 2.05) is 36.4 Å². The summed E-state index contributed by atoms with van der Waals surface area (Å²) in [6, 6.07) is 12.1. The van der Waals surface area contributed by atoms with E-state index in [0.717, 1.165) is 36.5 Å². The first-order chi connectivity index (χ1) is 8.75. The summed E-state index contributed by atoms with van der Waals surface area (Å²) in [5.41, 5.74) is 3.13. The molecule has 3 N–H and O–H groups in total. The van der Waals surface area contributed by atoms with Crippen LogP contribution >= 0.6 is 0 Å². The van der Waals surface area contributed by atoms with Gasteiger partial charge in [0.15, 0.2) is 0 Å². The highest BCUT2D eigenvalue weighted by atomic mass is 16.3. The lowest BCUT2D eigenvalue weighted by molar-refractivity contribution is 0.183. The van der Waals surface area contributed by atoms with Gasteiger partial charge in [0.2, 0.25) is 0 Å². The molecule has 0 aliphatic carbocycles.